The lowest BCUT2D eigenvalue weighted by Gasteiger charge is -2.43. The molecule has 5 atom stereocenters. The lowest BCUT2D eigenvalue weighted by Crippen LogP contribution is -2.60. The molecule has 198 valence electrons. The van der Waals surface area contributed by atoms with Gasteiger partial charge in [-0.2, -0.15) is 0 Å². The number of ether oxygens (including phenoxy) is 10. The molecular weight excluding hydrogens is 508 g/mol. The minimum absolute atomic E-state index is 0.278. The summed E-state index contributed by atoms with van der Waals surface area (Å²) < 4.78 is 54.7. The molecule has 0 aromatic carbocycles. The second-order valence-corrected chi connectivity index (χ2v) is 7.68. The molecule has 1 aliphatic rings. The average molecular weight is 549 g/mol. The molecule has 0 aliphatic carbocycles. The summed E-state index contributed by atoms with van der Waals surface area (Å²) in [7, 11) is 4.78. The first-order chi connectivity index (χ1) is 16.2. The maximum Gasteiger partial charge on any atom is 0.186 e. The van der Waals surface area contributed by atoms with Gasteiger partial charge in [0.15, 0.2) is 6.29 Å². The summed E-state index contributed by atoms with van der Waals surface area (Å²) in [5, 5.41) is 11.2. The molecule has 0 amide bonds. The fourth-order valence-electron chi connectivity index (χ4n) is 2.99. The number of methoxy groups -OCH3 is 3. The van der Waals surface area contributed by atoms with Gasteiger partial charge >= 0.3 is 0 Å². The lowest BCUT2D eigenvalue weighted by molar-refractivity contribution is -0.304. The Labute approximate surface area is 205 Å². The van der Waals surface area contributed by atoms with Crippen LogP contribution in [0.4, 0.5) is 0 Å². The standard InChI is InChI=1S/C21H41BrO11/c1-24-4-6-27-8-10-29-12-14-31-19-18(23)17(16-22)33-21(26-3)20(19)32-15-13-30-11-9-28-7-5-25-2/h17-21,23H,4-16H2,1-3H3/t17-,18-,19+,20-,21+/m1/s1. The van der Waals surface area contributed by atoms with E-state index < -0.39 is 30.7 Å². The van der Waals surface area contributed by atoms with Gasteiger partial charge in [0.2, 0.25) is 0 Å². The van der Waals surface area contributed by atoms with Gasteiger partial charge in [-0.3, -0.25) is 0 Å². The fourth-order valence-corrected chi connectivity index (χ4v) is 3.53. The molecule has 33 heavy (non-hydrogen) atoms. The zero-order valence-corrected chi connectivity index (χ0v) is 21.6. The zero-order chi connectivity index (χ0) is 24.2. The highest BCUT2D eigenvalue weighted by Crippen LogP contribution is 2.27. The summed E-state index contributed by atoms with van der Waals surface area (Å²) in [5.41, 5.74) is 0. The molecule has 0 aromatic rings. The van der Waals surface area contributed by atoms with Crippen LogP contribution in [0.1, 0.15) is 0 Å². The van der Waals surface area contributed by atoms with Crippen LogP contribution in [0.15, 0.2) is 0 Å². The van der Waals surface area contributed by atoms with E-state index in [0.717, 1.165) is 0 Å². The summed E-state index contributed by atoms with van der Waals surface area (Å²) in [6.45, 7) is 5.28. The van der Waals surface area contributed by atoms with Crippen LogP contribution in [0.3, 0.4) is 0 Å². The molecule has 1 aliphatic heterocycles. The van der Waals surface area contributed by atoms with Crippen molar-refractivity contribution < 1.29 is 52.5 Å². The van der Waals surface area contributed by atoms with Crippen molar-refractivity contribution >= 4 is 15.9 Å². The van der Waals surface area contributed by atoms with Gasteiger partial charge in [0, 0.05) is 26.7 Å². The summed E-state index contributed by atoms with van der Waals surface area (Å²) in [6.07, 6.45) is -3.35. The molecule has 12 heteroatoms. The first-order valence-corrected chi connectivity index (χ1v) is 12.3. The van der Waals surface area contributed by atoms with Crippen LogP contribution >= 0.6 is 15.9 Å². The molecule has 1 rings (SSSR count). The first-order valence-electron chi connectivity index (χ1n) is 11.1. The molecule has 1 saturated heterocycles. The quantitative estimate of drug-likeness (QED) is 0.148. The molecule has 0 spiro atoms. The van der Waals surface area contributed by atoms with E-state index in [9.17, 15) is 5.11 Å². The van der Waals surface area contributed by atoms with Gasteiger partial charge < -0.3 is 52.5 Å². The van der Waals surface area contributed by atoms with Crippen LogP contribution in [0.25, 0.3) is 0 Å². The molecule has 1 fully saturated rings. The minimum Gasteiger partial charge on any atom is -0.388 e. The van der Waals surface area contributed by atoms with Gasteiger partial charge in [-0.25, -0.2) is 0 Å². The maximum atomic E-state index is 10.7. The predicted octanol–water partition coefficient (Wildman–Crippen LogP) is 0.243. The van der Waals surface area contributed by atoms with Crippen LogP contribution in [-0.2, 0) is 47.4 Å². The molecule has 11 nitrogen and oxygen atoms in total. The predicted molar refractivity (Wildman–Crippen MR) is 122 cm³/mol. The number of aliphatic hydroxyl groups excluding tert-OH is 1. The minimum atomic E-state index is -0.895. The van der Waals surface area contributed by atoms with Crippen molar-refractivity contribution in [1.82, 2.24) is 0 Å². The molecule has 1 heterocycles. The van der Waals surface area contributed by atoms with Gasteiger partial charge in [0.25, 0.3) is 0 Å². The number of hydrogen-bond acceptors (Lipinski definition) is 11. The number of halogens is 1. The monoisotopic (exact) mass is 548 g/mol. The summed E-state index contributed by atoms with van der Waals surface area (Å²) in [4.78, 5) is 0. The number of aliphatic hydroxyl groups is 1. The third kappa shape index (κ3) is 13.6. The van der Waals surface area contributed by atoms with Gasteiger partial charge in [0.1, 0.15) is 18.3 Å². The van der Waals surface area contributed by atoms with E-state index in [1.165, 1.54) is 7.11 Å². The van der Waals surface area contributed by atoms with Crippen molar-refractivity contribution in [3.8, 4) is 0 Å². The summed E-state index contributed by atoms with van der Waals surface area (Å²) in [6, 6.07) is 0. The van der Waals surface area contributed by atoms with E-state index >= 15 is 0 Å². The Morgan fingerprint density at radius 2 is 1.06 bits per heavy atom. The Kier molecular flexibility index (Phi) is 20.1. The molecule has 0 bridgehead atoms. The SMILES string of the molecule is COCCOCCOCCO[C@H]1[C@@H](OC)O[C@H](CBr)[C@@H](O)[C@@H]1OCCOCCOCCOC. The Balaban J connectivity index is 2.37. The van der Waals surface area contributed by atoms with Gasteiger partial charge in [-0.1, -0.05) is 15.9 Å². The molecule has 1 N–H and O–H groups in total. The third-order valence-electron chi connectivity index (χ3n) is 4.69. The average Bonchev–Trinajstić information content (AvgIpc) is 2.83. The van der Waals surface area contributed by atoms with E-state index in [-0.39, 0.29) is 13.2 Å². The topological polar surface area (TPSA) is 113 Å². The van der Waals surface area contributed by atoms with E-state index in [1.807, 2.05) is 0 Å². The highest BCUT2D eigenvalue weighted by molar-refractivity contribution is 9.09. The van der Waals surface area contributed by atoms with Crippen molar-refractivity contribution in [3.05, 3.63) is 0 Å². The third-order valence-corrected chi connectivity index (χ3v) is 5.32. The largest absolute Gasteiger partial charge is 0.388 e. The van der Waals surface area contributed by atoms with E-state index in [2.05, 4.69) is 15.9 Å². The van der Waals surface area contributed by atoms with E-state index in [4.69, 9.17) is 47.4 Å². The highest BCUT2D eigenvalue weighted by atomic mass is 79.9. The van der Waals surface area contributed by atoms with Gasteiger partial charge in [-0.05, 0) is 0 Å². The van der Waals surface area contributed by atoms with Gasteiger partial charge in [0.05, 0.1) is 85.4 Å². The second kappa shape index (κ2) is 21.3. The van der Waals surface area contributed by atoms with Crippen LogP contribution in [0.2, 0.25) is 0 Å². The molecular formula is C21H41BrO11. The zero-order valence-electron chi connectivity index (χ0n) is 20.0. The fraction of sp³-hybridized carbons (Fsp3) is 1.00. The molecule has 0 aromatic heterocycles. The van der Waals surface area contributed by atoms with Crippen LogP contribution in [0, 0.1) is 0 Å². The molecule has 0 unspecified atom stereocenters. The Bertz CT molecular complexity index is 435. The van der Waals surface area contributed by atoms with Crippen molar-refractivity contribution in [2.24, 2.45) is 0 Å². The summed E-state index contributed by atoms with van der Waals surface area (Å²) >= 11 is 3.36. The Hall–Kier alpha value is 0.0400. The van der Waals surface area contributed by atoms with E-state index in [1.54, 1.807) is 14.2 Å². The second-order valence-electron chi connectivity index (χ2n) is 7.03. The molecule has 0 saturated carbocycles. The summed E-state index contributed by atoms with van der Waals surface area (Å²) in [5.74, 6) is 0. The van der Waals surface area contributed by atoms with Gasteiger partial charge in [-0.15, -0.1) is 0 Å². The van der Waals surface area contributed by atoms with Crippen molar-refractivity contribution in [1.29, 1.82) is 0 Å². The number of rotatable bonds is 22. The lowest BCUT2D eigenvalue weighted by atomic mass is 9.99. The Morgan fingerprint density at radius 1 is 0.636 bits per heavy atom. The van der Waals surface area contributed by atoms with E-state index in [0.29, 0.717) is 71.4 Å². The van der Waals surface area contributed by atoms with Crippen LogP contribution in [-0.4, -0.2) is 142 Å². The first kappa shape index (κ1) is 31.1. The number of alkyl halides is 1. The number of hydrogen-bond donors (Lipinski definition) is 1. The maximum absolute atomic E-state index is 10.7. The van der Waals surface area contributed by atoms with Crippen molar-refractivity contribution in [2.75, 3.05) is 106 Å². The van der Waals surface area contributed by atoms with Crippen molar-refractivity contribution in [3.63, 3.8) is 0 Å². The molecule has 0 radical (unpaired) electrons. The van der Waals surface area contributed by atoms with Crippen LogP contribution in [0.5, 0.6) is 0 Å². The van der Waals surface area contributed by atoms with Crippen LogP contribution < -0.4 is 0 Å². The highest BCUT2D eigenvalue weighted by Gasteiger charge is 2.46. The van der Waals surface area contributed by atoms with Crippen molar-refractivity contribution in [2.45, 2.75) is 30.7 Å². The Morgan fingerprint density at radius 3 is 1.48 bits per heavy atom. The smallest absolute Gasteiger partial charge is 0.186 e. The normalized spacial score (nSPS) is 25.5.